The lowest BCUT2D eigenvalue weighted by Gasteiger charge is -2.19. The molecule has 1 fully saturated rings. The molecule has 202 valence electrons. The van der Waals surface area contributed by atoms with Crippen LogP contribution in [0.2, 0.25) is 0 Å². The van der Waals surface area contributed by atoms with E-state index in [1.807, 2.05) is 0 Å². The summed E-state index contributed by atoms with van der Waals surface area (Å²) in [7, 11) is -9.18. The highest BCUT2D eigenvalue weighted by molar-refractivity contribution is 7.60. The van der Waals surface area contributed by atoms with Crippen LogP contribution in [0, 0.1) is 0 Å². The minimum atomic E-state index is -5.38. The number of fused-ring (bicyclic) bond motifs is 1. The van der Waals surface area contributed by atoms with Gasteiger partial charge in [0.05, 0.1) is 20.3 Å². The molecule has 0 saturated carbocycles. The van der Waals surface area contributed by atoms with E-state index < -0.39 is 58.0 Å². The molecule has 17 nitrogen and oxygen atoms in total. The van der Waals surface area contributed by atoms with E-state index >= 15 is 0 Å². The number of hydrogen-bond donors (Lipinski definition) is 5. The summed E-state index contributed by atoms with van der Waals surface area (Å²) in [6, 6.07) is 5.85. The van der Waals surface area contributed by atoms with Gasteiger partial charge in [0.2, 0.25) is 0 Å². The van der Waals surface area contributed by atoms with Crippen molar-refractivity contribution < 1.29 is 56.9 Å². The number of hydrogen-bond acceptors (Lipinski definition) is 12. The van der Waals surface area contributed by atoms with Gasteiger partial charge in [0.25, 0.3) is 5.56 Å². The van der Waals surface area contributed by atoms with E-state index in [0.717, 1.165) is 21.4 Å². The molecular formula is C18H21N3O14P2. The van der Waals surface area contributed by atoms with Crippen molar-refractivity contribution in [1.29, 1.82) is 0 Å². The number of ether oxygens (including phenoxy) is 2. The summed E-state index contributed by atoms with van der Waals surface area (Å²) in [6.45, 7) is -1.27. The van der Waals surface area contributed by atoms with Crippen LogP contribution in [0.3, 0.4) is 0 Å². The highest BCUT2D eigenvalue weighted by atomic mass is 31.3. The van der Waals surface area contributed by atoms with E-state index in [1.54, 1.807) is 18.2 Å². The van der Waals surface area contributed by atoms with Crippen LogP contribution >= 0.6 is 15.6 Å². The van der Waals surface area contributed by atoms with E-state index in [0.29, 0.717) is 16.7 Å². The second-order valence-electron chi connectivity index (χ2n) is 7.80. The molecule has 1 aliphatic heterocycles. The zero-order chi connectivity index (χ0) is 27.1. The van der Waals surface area contributed by atoms with Crippen LogP contribution in [0.1, 0.15) is 11.9 Å². The van der Waals surface area contributed by atoms with Crippen molar-refractivity contribution in [2.45, 2.75) is 31.1 Å². The largest absolute Gasteiger partial charge is 0.497 e. The van der Waals surface area contributed by atoms with Crippen LogP contribution in [0.4, 0.5) is 0 Å². The molecule has 2 unspecified atom stereocenters. The van der Waals surface area contributed by atoms with E-state index in [9.17, 15) is 33.8 Å². The number of aliphatic hydroxyl groups is 2. The zero-order valence-electron chi connectivity index (χ0n) is 18.8. The van der Waals surface area contributed by atoms with Gasteiger partial charge in [0.1, 0.15) is 29.8 Å². The molecule has 3 aromatic rings. The molecule has 1 saturated heterocycles. The Morgan fingerprint density at radius 3 is 2.51 bits per heavy atom. The molecule has 3 heterocycles. The van der Waals surface area contributed by atoms with Gasteiger partial charge in [-0.25, -0.2) is 13.9 Å². The first-order valence-electron chi connectivity index (χ1n) is 10.3. The summed E-state index contributed by atoms with van der Waals surface area (Å²) in [5.74, 6) is 0.504. The molecule has 0 amide bonds. The second-order valence-corrected chi connectivity index (χ2v) is 10.6. The first kappa shape index (κ1) is 27.3. The molecule has 1 aromatic carbocycles. The fourth-order valence-corrected chi connectivity index (χ4v) is 5.25. The number of aliphatic hydroxyl groups excluding tert-OH is 2. The van der Waals surface area contributed by atoms with Crippen molar-refractivity contribution in [3.8, 4) is 5.75 Å². The Labute approximate surface area is 205 Å². The second kappa shape index (κ2) is 10.2. The average Bonchev–Trinajstić information content (AvgIpc) is 3.34. The molecule has 5 N–H and O–H groups in total. The smallest absolute Gasteiger partial charge is 0.481 e. The molecular weight excluding hydrogens is 544 g/mol. The first-order chi connectivity index (χ1) is 17.3. The Kier molecular flexibility index (Phi) is 7.56. The van der Waals surface area contributed by atoms with Crippen LogP contribution in [0.15, 0.2) is 44.6 Å². The van der Waals surface area contributed by atoms with Gasteiger partial charge in [-0.15, -0.1) is 0 Å². The number of rotatable bonds is 9. The highest BCUT2D eigenvalue weighted by Crippen LogP contribution is 2.57. The topological polar surface area (TPSA) is 242 Å². The maximum absolute atomic E-state index is 13.1. The van der Waals surface area contributed by atoms with Gasteiger partial charge in [-0.1, -0.05) is 5.16 Å². The van der Waals surface area contributed by atoms with Crippen molar-refractivity contribution in [2.24, 2.45) is 0 Å². The van der Waals surface area contributed by atoms with Gasteiger partial charge in [0, 0.05) is 23.7 Å². The summed E-state index contributed by atoms with van der Waals surface area (Å²) < 4.78 is 47.8. The van der Waals surface area contributed by atoms with Gasteiger partial charge in [-0.05, 0) is 12.1 Å². The number of phosphoric ester groups is 1. The lowest BCUT2D eigenvalue weighted by Crippen LogP contribution is -2.43. The average molecular weight is 565 g/mol. The number of phosphoric acid groups is 2. The van der Waals surface area contributed by atoms with Crippen molar-refractivity contribution in [1.82, 2.24) is 14.3 Å². The molecule has 1 aliphatic rings. The molecule has 4 rings (SSSR count). The summed E-state index contributed by atoms with van der Waals surface area (Å²) in [5.41, 5.74) is -1.07. The van der Waals surface area contributed by atoms with Crippen molar-refractivity contribution in [3.05, 3.63) is 57.0 Å². The Bertz CT molecular complexity index is 1510. The number of nitrogens with zero attached hydrogens (tertiary/aromatic N) is 3. The fourth-order valence-electron chi connectivity index (χ4n) is 3.65. The van der Waals surface area contributed by atoms with Crippen molar-refractivity contribution in [3.63, 3.8) is 0 Å². The van der Waals surface area contributed by atoms with Crippen LogP contribution < -0.4 is 16.0 Å². The lowest BCUT2D eigenvalue weighted by molar-refractivity contribution is -0.0547. The Balaban J connectivity index is 1.56. The molecule has 0 aliphatic carbocycles. The molecule has 0 bridgehead atoms. The maximum atomic E-state index is 13.1. The predicted octanol–water partition coefficient (Wildman–Crippen LogP) is -0.946. The minimum absolute atomic E-state index is 0.248. The molecule has 2 aromatic heterocycles. The zero-order valence-corrected chi connectivity index (χ0v) is 20.5. The van der Waals surface area contributed by atoms with E-state index in [4.69, 9.17) is 23.8 Å². The summed E-state index contributed by atoms with van der Waals surface area (Å²) in [5, 5.41) is 25.1. The third-order valence-corrected chi connectivity index (χ3v) is 7.53. The molecule has 0 radical (unpaired) electrons. The van der Waals surface area contributed by atoms with Crippen LogP contribution in [-0.2, 0) is 29.2 Å². The Hall–Kier alpha value is -2.69. The number of methoxy groups -OCH3 is 1. The molecule has 37 heavy (non-hydrogen) atoms. The van der Waals surface area contributed by atoms with E-state index in [1.165, 1.54) is 7.11 Å². The molecule has 0 spiro atoms. The molecule has 5 atom stereocenters. The maximum Gasteiger partial charge on any atom is 0.481 e. The third kappa shape index (κ3) is 5.91. The highest BCUT2D eigenvalue weighted by Gasteiger charge is 2.46. The summed E-state index contributed by atoms with van der Waals surface area (Å²) in [6.07, 6.45) is -5.60. The van der Waals surface area contributed by atoms with Gasteiger partial charge in [-0.2, -0.15) is 4.31 Å². The van der Waals surface area contributed by atoms with E-state index in [-0.39, 0.29) is 12.2 Å². The van der Waals surface area contributed by atoms with Crippen molar-refractivity contribution >= 4 is 26.6 Å². The van der Waals surface area contributed by atoms with Crippen LogP contribution in [0.25, 0.3) is 11.0 Å². The van der Waals surface area contributed by atoms with Crippen LogP contribution in [-0.4, -0.2) is 71.2 Å². The SMILES string of the molecule is COc1ccc2c(Cn3c(=O)ccn([C@@H]4O[C@H](COP(=O)(O)OP(=O)(O)O)[C@H](O)C4O)c3=O)noc2c1. The van der Waals surface area contributed by atoms with Crippen molar-refractivity contribution in [2.75, 3.05) is 13.7 Å². The number of aromatic nitrogens is 3. The van der Waals surface area contributed by atoms with Gasteiger partial charge in [-0.3, -0.25) is 18.5 Å². The first-order valence-corrected chi connectivity index (χ1v) is 13.3. The van der Waals surface area contributed by atoms with Gasteiger partial charge < -0.3 is 38.9 Å². The Morgan fingerprint density at radius 1 is 1.11 bits per heavy atom. The van der Waals surface area contributed by atoms with E-state index in [2.05, 4.69) is 14.0 Å². The number of benzene rings is 1. The third-order valence-electron chi connectivity index (χ3n) is 5.38. The monoisotopic (exact) mass is 565 g/mol. The Morgan fingerprint density at radius 2 is 1.84 bits per heavy atom. The minimum Gasteiger partial charge on any atom is -0.497 e. The standard InChI is InChI=1S/C18H21N3O14P2/c1-31-9-2-3-10-11(19-34-12(10)6-9)7-21-14(22)4-5-20(18(21)25)17-16(24)15(23)13(33-17)8-32-37(29,30)35-36(26,27)28/h2-6,13,15-17,23-24H,7-8H2,1H3,(H,29,30)(H2,26,27,28)/t13-,15+,16?,17-/m1/s1. The van der Waals surface area contributed by atoms with Gasteiger partial charge in [0.15, 0.2) is 11.8 Å². The summed E-state index contributed by atoms with van der Waals surface area (Å²) >= 11 is 0. The van der Waals surface area contributed by atoms with Gasteiger partial charge >= 0.3 is 21.3 Å². The fraction of sp³-hybridized carbons (Fsp3) is 0.389. The quantitative estimate of drug-likeness (QED) is 0.197. The lowest BCUT2D eigenvalue weighted by atomic mass is 10.1. The van der Waals surface area contributed by atoms with Crippen LogP contribution in [0.5, 0.6) is 5.75 Å². The molecule has 19 heteroatoms. The normalized spacial score (nSPS) is 23.8. The predicted molar refractivity (Wildman–Crippen MR) is 119 cm³/mol. The summed E-state index contributed by atoms with van der Waals surface area (Å²) in [4.78, 5) is 52.3.